The van der Waals surface area contributed by atoms with Crippen LogP contribution in [-0.2, 0) is 4.79 Å². The Hall–Kier alpha value is -1.35. The lowest BCUT2D eigenvalue weighted by molar-refractivity contribution is -0.131. The highest BCUT2D eigenvalue weighted by atomic mass is 35.5. The first-order valence-electron chi connectivity index (χ1n) is 3.14. The van der Waals surface area contributed by atoms with E-state index in [1.807, 2.05) is 0 Å². The lowest BCUT2D eigenvalue weighted by Gasteiger charge is -1.94. The van der Waals surface area contributed by atoms with Crippen LogP contribution >= 0.6 is 11.6 Å². The number of hydrogen-bond acceptors (Lipinski definition) is 2. The Kier molecular flexibility index (Phi) is 2.45. The quantitative estimate of drug-likeness (QED) is 0.433. The molecule has 3 nitrogen and oxygen atoms in total. The second-order valence-corrected chi connectivity index (χ2v) is 2.58. The number of benzene rings is 1. The molecule has 0 fully saturated rings. The summed E-state index contributed by atoms with van der Waals surface area (Å²) in [7, 11) is 0. The van der Waals surface area contributed by atoms with E-state index in [1.165, 1.54) is 24.3 Å². The van der Waals surface area contributed by atoms with Crippen LogP contribution < -0.4 is 0 Å². The van der Waals surface area contributed by atoms with Crippen LogP contribution in [0.2, 0.25) is 5.02 Å². The monoisotopic (exact) mass is 185 g/mol. The highest BCUT2D eigenvalue weighted by molar-refractivity contribution is 6.40. The van der Waals surface area contributed by atoms with E-state index >= 15 is 0 Å². The van der Waals surface area contributed by atoms with Gasteiger partial charge in [-0.15, -0.1) is 0 Å². The van der Waals surface area contributed by atoms with Crippen molar-refractivity contribution in [1.82, 2.24) is 0 Å². The molecule has 0 aliphatic heterocycles. The summed E-state index contributed by atoms with van der Waals surface area (Å²) in [6, 6.07) is 5.69. The number of carbonyl (C=O) groups is 2. The topological polar surface area (TPSA) is 54.4 Å². The van der Waals surface area contributed by atoms with Gasteiger partial charge in [-0.05, 0) is 24.3 Å². The number of ketones is 1. The molecule has 0 amide bonds. The smallest absolute Gasteiger partial charge is 0.377 e. The molecule has 0 aliphatic carbocycles. The maximum atomic E-state index is 10.8. The van der Waals surface area contributed by atoms with Crippen molar-refractivity contribution in [2.75, 3.05) is 0 Å². The van der Waals surface area contributed by atoms with Crippen molar-refractivity contribution in [3.63, 3.8) is 0 Å². The summed E-state index contributed by atoms with van der Waals surface area (Å²) in [5, 5.41) is 8.79. The summed E-state index contributed by atoms with van der Waals surface area (Å²) in [6.45, 7) is 0. The fraction of sp³-hybridized carbons (Fsp3) is 0. The molecule has 0 heterocycles. The molecule has 0 aromatic heterocycles. The van der Waals surface area contributed by atoms with Crippen molar-refractivity contribution >= 4 is 23.4 Å². The Labute approximate surface area is 73.6 Å². The molecule has 4 heteroatoms. The minimum absolute atomic E-state index is 0.131. The van der Waals surface area contributed by atoms with Crippen LogP contribution in [0, 0.1) is 0 Å². The Morgan fingerprint density at radius 1 is 1.17 bits per heavy atom. The molecule has 1 aromatic rings. The third-order valence-electron chi connectivity index (χ3n) is 1.30. The van der Waals surface area contributed by atoms with E-state index < -0.39 is 11.8 Å². The molecular weight excluding hydrogens is 181 g/mol. The fourth-order valence-corrected chi connectivity index (χ4v) is 0.851. The molecule has 1 aromatic carbocycles. The molecular formula is C8H5ClO3. The second-order valence-electron chi connectivity index (χ2n) is 2.14. The van der Waals surface area contributed by atoms with Gasteiger partial charge in [0.05, 0.1) is 0 Å². The number of aliphatic carboxylic acids is 1. The van der Waals surface area contributed by atoms with E-state index in [0.717, 1.165) is 0 Å². The molecule has 62 valence electrons. The summed E-state index contributed by atoms with van der Waals surface area (Å²) in [6.07, 6.45) is 0. The van der Waals surface area contributed by atoms with E-state index in [1.54, 1.807) is 0 Å². The predicted octanol–water partition coefficient (Wildman–Crippen LogP) is 1.61. The molecule has 0 saturated carbocycles. The maximum absolute atomic E-state index is 10.8. The Morgan fingerprint density at radius 2 is 1.67 bits per heavy atom. The van der Waals surface area contributed by atoms with Crippen LogP contribution in [0.5, 0.6) is 0 Å². The molecule has 0 spiro atoms. The van der Waals surface area contributed by atoms with Gasteiger partial charge in [-0.25, -0.2) is 4.79 Å². The summed E-state index contributed by atoms with van der Waals surface area (Å²) < 4.78 is 0. The van der Waals surface area contributed by atoms with Crippen molar-refractivity contribution in [2.45, 2.75) is 0 Å². The minimum atomic E-state index is -1.46. The lowest BCUT2D eigenvalue weighted by atomic mass is 10.3. The van der Waals surface area contributed by atoms with Crippen LogP contribution in [0.15, 0.2) is 24.3 Å². The molecule has 0 aliphatic rings. The maximum Gasteiger partial charge on any atom is 0.377 e. The normalized spacial score (nSPS) is 9.42. The van der Waals surface area contributed by atoms with Gasteiger partial charge in [0.1, 0.15) is 0 Å². The largest absolute Gasteiger partial charge is 0.475 e. The number of halogens is 1. The highest BCUT2D eigenvalue weighted by Crippen LogP contribution is 2.09. The van der Waals surface area contributed by atoms with Gasteiger partial charge in [0, 0.05) is 10.6 Å². The van der Waals surface area contributed by atoms with Crippen LogP contribution in [-0.4, -0.2) is 16.9 Å². The van der Waals surface area contributed by atoms with E-state index in [0.29, 0.717) is 5.02 Å². The Bertz CT molecular complexity index is 316. The molecule has 0 radical (unpaired) electrons. The summed E-state index contributed by atoms with van der Waals surface area (Å²) in [5.41, 5.74) is 0.131. The fourth-order valence-electron chi connectivity index (χ4n) is 0.725. The third kappa shape index (κ3) is 1.83. The van der Waals surface area contributed by atoms with Crippen LogP contribution in [0.4, 0.5) is 0 Å². The van der Waals surface area contributed by atoms with E-state index in [-0.39, 0.29) is 5.56 Å². The van der Waals surface area contributed by atoms with Crippen molar-refractivity contribution in [3.05, 3.63) is 34.9 Å². The number of Topliss-reactive ketones (excluding diaryl/α,β-unsaturated/α-hetero) is 1. The standard InChI is InChI=1S/C8H5ClO3/c9-6-3-1-5(2-4-6)7(10)8(11)12/h1-4H,(H,11,12)/i7+1. The lowest BCUT2D eigenvalue weighted by Crippen LogP contribution is -2.12. The van der Waals surface area contributed by atoms with Crippen molar-refractivity contribution in [2.24, 2.45) is 0 Å². The van der Waals surface area contributed by atoms with Gasteiger partial charge in [-0.1, -0.05) is 11.6 Å². The van der Waals surface area contributed by atoms with Gasteiger partial charge in [0.15, 0.2) is 0 Å². The molecule has 1 N–H and O–H groups in total. The minimum Gasteiger partial charge on any atom is -0.475 e. The number of rotatable bonds is 2. The number of carboxylic acid groups (broad SMARTS) is 1. The second kappa shape index (κ2) is 3.36. The summed E-state index contributed by atoms with van der Waals surface area (Å²) in [5.74, 6) is -2.39. The van der Waals surface area contributed by atoms with Crippen molar-refractivity contribution in [3.8, 4) is 0 Å². The van der Waals surface area contributed by atoms with Crippen LogP contribution in [0.1, 0.15) is 10.4 Å². The molecule has 12 heavy (non-hydrogen) atoms. The number of hydrogen-bond donors (Lipinski definition) is 1. The molecule has 0 saturated heterocycles. The van der Waals surface area contributed by atoms with Gasteiger partial charge in [0.25, 0.3) is 5.78 Å². The zero-order valence-electron chi connectivity index (χ0n) is 5.95. The summed E-state index contributed by atoms with van der Waals surface area (Å²) >= 11 is 5.54. The average Bonchev–Trinajstić information content (AvgIpc) is 2.04. The predicted molar refractivity (Wildman–Crippen MR) is 43.4 cm³/mol. The van der Waals surface area contributed by atoms with Crippen molar-refractivity contribution in [1.29, 1.82) is 0 Å². The first kappa shape index (κ1) is 8.74. The number of carboxylic acids is 1. The summed E-state index contributed by atoms with van der Waals surface area (Å²) in [4.78, 5) is 21.0. The van der Waals surface area contributed by atoms with Gasteiger partial charge >= 0.3 is 5.97 Å². The van der Waals surface area contributed by atoms with E-state index in [9.17, 15) is 9.59 Å². The van der Waals surface area contributed by atoms with E-state index in [4.69, 9.17) is 16.7 Å². The Morgan fingerprint density at radius 3 is 2.08 bits per heavy atom. The highest BCUT2D eigenvalue weighted by Gasteiger charge is 2.13. The van der Waals surface area contributed by atoms with Crippen LogP contribution in [0.25, 0.3) is 0 Å². The van der Waals surface area contributed by atoms with E-state index in [2.05, 4.69) is 0 Å². The van der Waals surface area contributed by atoms with Crippen LogP contribution in [0.3, 0.4) is 0 Å². The molecule has 0 bridgehead atoms. The van der Waals surface area contributed by atoms with Gasteiger partial charge in [0.2, 0.25) is 0 Å². The molecule has 0 unspecified atom stereocenters. The third-order valence-corrected chi connectivity index (χ3v) is 1.55. The first-order chi connectivity index (χ1) is 5.61. The van der Waals surface area contributed by atoms with Gasteiger partial charge in [-0.2, -0.15) is 0 Å². The van der Waals surface area contributed by atoms with Crippen molar-refractivity contribution < 1.29 is 14.7 Å². The molecule has 0 atom stereocenters. The number of carbonyl (C=O) groups excluding carboxylic acids is 1. The molecule has 1 rings (SSSR count). The first-order valence-corrected chi connectivity index (χ1v) is 3.52. The Balaban J connectivity index is 2.98. The SMILES string of the molecule is O=C(O)[13C](=O)c1ccc(Cl)cc1. The zero-order valence-corrected chi connectivity index (χ0v) is 6.71. The van der Waals surface area contributed by atoms with Gasteiger partial charge in [-0.3, -0.25) is 4.79 Å². The zero-order chi connectivity index (χ0) is 9.14. The van der Waals surface area contributed by atoms with Gasteiger partial charge < -0.3 is 5.11 Å². The average molecular weight is 186 g/mol.